The predicted octanol–water partition coefficient (Wildman–Crippen LogP) is 4.96. The summed E-state index contributed by atoms with van der Waals surface area (Å²) in [5, 5.41) is 1.95. The van der Waals surface area contributed by atoms with E-state index in [-0.39, 0.29) is 17.4 Å². The Bertz CT molecular complexity index is 798. The molecule has 8 heteroatoms. The number of nitrogens with zero attached hydrogens (tertiary/aromatic N) is 1. The fourth-order valence-electron chi connectivity index (χ4n) is 2.79. The number of hydrogen-bond acceptors (Lipinski definition) is 2. The molecule has 26 heavy (non-hydrogen) atoms. The summed E-state index contributed by atoms with van der Waals surface area (Å²) in [6, 6.07) is 6.00. The molecule has 1 aliphatic rings. The second kappa shape index (κ2) is 7.99. The van der Waals surface area contributed by atoms with E-state index in [0.29, 0.717) is 18.7 Å². The zero-order valence-electron chi connectivity index (χ0n) is 13.6. The average Bonchev–Trinajstić information content (AvgIpc) is 2.86. The lowest BCUT2D eigenvalue weighted by Crippen LogP contribution is -2.37. The van der Waals surface area contributed by atoms with Crippen LogP contribution >= 0.6 is 11.8 Å². The molecule has 1 unspecified atom stereocenters. The first-order chi connectivity index (χ1) is 12.5. The molecule has 0 spiro atoms. The van der Waals surface area contributed by atoms with E-state index >= 15 is 0 Å². The lowest BCUT2D eigenvalue weighted by molar-refractivity contribution is 0.214. The lowest BCUT2D eigenvalue weighted by Gasteiger charge is -2.21. The Hall–Kier alpha value is -2.22. The van der Waals surface area contributed by atoms with Gasteiger partial charge in [0.15, 0.2) is 0 Å². The second-order valence-electron chi connectivity index (χ2n) is 5.83. The van der Waals surface area contributed by atoms with Crippen LogP contribution in [-0.4, -0.2) is 29.8 Å². The Morgan fingerprint density at radius 3 is 2.50 bits per heavy atom. The number of nitrogens with one attached hydrogen (secondary N) is 1. The number of hydrogen-bond donors (Lipinski definition) is 1. The van der Waals surface area contributed by atoms with Gasteiger partial charge in [-0.25, -0.2) is 22.4 Å². The van der Waals surface area contributed by atoms with E-state index in [1.54, 1.807) is 0 Å². The molecule has 2 aromatic rings. The summed E-state index contributed by atoms with van der Waals surface area (Å²) in [4.78, 5) is 13.7. The standard InChI is InChI=1S/C18H16F4N2OS/c19-11-4-5-13(20)12(10-11)16-6-7-24(8-9-26-16)18(25)23-17-14(21)2-1-3-15(17)22/h1-5,10,16H,6-9H2,(H,23,25). The van der Waals surface area contributed by atoms with Crippen molar-refractivity contribution in [2.24, 2.45) is 0 Å². The first-order valence-corrected chi connectivity index (χ1v) is 9.07. The monoisotopic (exact) mass is 384 g/mol. The molecule has 0 radical (unpaired) electrons. The van der Waals surface area contributed by atoms with Crippen LogP contribution in [0.1, 0.15) is 17.2 Å². The van der Waals surface area contributed by atoms with Gasteiger partial charge in [-0.3, -0.25) is 0 Å². The maximum absolute atomic E-state index is 14.0. The van der Waals surface area contributed by atoms with Crippen molar-refractivity contribution in [3.63, 3.8) is 0 Å². The molecule has 1 fully saturated rings. The third-order valence-corrected chi connectivity index (χ3v) is 5.44. The van der Waals surface area contributed by atoms with Gasteiger partial charge in [0.25, 0.3) is 0 Å². The molecule has 0 aliphatic carbocycles. The van der Waals surface area contributed by atoms with Crippen molar-refractivity contribution >= 4 is 23.5 Å². The summed E-state index contributed by atoms with van der Waals surface area (Å²) in [5.74, 6) is -2.23. The van der Waals surface area contributed by atoms with Crippen LogP contribution in [0.4, 0.5) is 28.0 Å². The van der Waals surface area contributed by atoms with Crippen molar-refractivity contribution in [1.29, 1.82) is 0 Å². The van der Waals surface area contributed by atoms with Gasteiger partial charge in [0, 0.05) is 29.7 Å². The third kappa shape index (κ3) is 4.12. The van der Waals surface area contributed by atoms with Gasteiger partial charge in [-0.2, -0.15) is 11.8 Å². The number of benzene rings is 2. The van der Waals surface area contributed by atoms with E-state index in [0.717, 1.165) is 30.3 Å². The fourth-order valence-corrected chi connectivity index (χ4v) is 4.03. The van der Waals surface area contributed by atoms with Crippen LogP contribution < -0.4 is 5.32 Å². The number of carbonyl (C=O) groups is 1. The molecule has 1 aliphatic heterocycles. The summed E-state index contributed by atoms with van der Waals surface area (Å²) in [6.45, 7) is 0.593. The number of rotatable bonds is 2. The highest BCUT2D eigenvalue weighted by atomic mass is 32.2. The molecular formula is C18H16F4N2OS. The van der Waals surface area contributed by atoms with Crippen LogP contribution in [0.15, 0.2) is 36.4 Å². The normalized spacial score (nSPS) is 17.7. The van der Waals surface area contributed by atoms with E-state index < -0.39 is 35.0 Å². The van der Waals surface area contributed by atoms with Crippen LogP contribution in [0.3, 0.4) is 0 Å². The Balaban J connectivity index is 1.68. The third-order valence-electron chi connectivity index (χ3n) is 4.13. The Kier molecular flexibility index (Phi) is 5.70. The van der Waals surface area contributed by atoms with Crippen LogP contribution in [0, 0.1) is 23.3 Å². The first-order valence-electron chi connectivity index (χ1n) is 8.02. The Morgan fingerprint density at radius 1 is 1.04 bits per heavy atom. The lowest BCUT2D eigenvalue weighted by atomic mass is 10.1. The molecule has 1 heterocycles. The van der Waals surface area contributed by atoms with E-state index in [4.69, 9.17) is 0 Å². The van der Waals surface area contributed by atoms with Crippen molar-refractivity contribution < 1.29 is 22.4 Å². The van der Waals surface area contributed by atoms with Gasteiger partial charge >= 0.3 is 6.03 Å². The topological polar surface area (TPSA) is 32.3 Å². The van der Waals surface area contributed by atoms with Gasteiger partial charge in [0.1, 0.15) is 29.0 Å². The highest BCUT2D eigenvalue weighted by Gasteiger charge is 2.25. The van der Waals surface area contributed by atoms with Crippen molar-refractivity contribution in [1.82, 2.24) is 4.90 Å². The molecule has 1 atom stereocenters. The summed E-state index contributed by atoms with van der Waals surface area (Å²) < 4.78 is 54.7. The molecule has 3 rings (SSSR count). The van der Waals surface area contributed by atoms with Gasteiger partial charge in [0.2, 0.25) is 0 Å². The van der Waals surface area contributed by atoms with E-state index in [1.165, 1.54) is 22.7 Å². The largest absolute Gasteiger partial charge is 0.324 e. The van der Waals surface area contributed by atoms with Crippen molar-refractivity contribution in [3.05, 3.63) is 65.2 Å². The summed E-state index contributed by atoms with van der Waals surface area (Å²) in [6.07, 6.45) is 0.401. The number of thioether (sulfide) groups is 1. The minimum absolute atomic E-state index is 0.259. The molecule has 2 amide bonds. The van der Waals surface area contributed by atoms with Crippen LogP contribution in [0.2, 0.25) is 0 Å². The summed E-state index contributed by atoms with van der Waals surface area (Å²) in [5.41, 5.74) is -0.237. The molecule has 0 bridgehead atoms. The smallest absolute Gasteiger partial charge is 0.322 e. The van der Waals surface area contributed by atoms with Crippen molar-refractivity contribution in [2.75, 3.05) is 24.2 Å². The molecule has 1 N–H and O–H groups in total. The summed E-state index contributed by atoms with van der Waals surface area (Å²) in [7, 11) is 0. The average molecular weight is 384 g/mol. The number of anilines is 1. The minimum atomic E-state index is -0.859. The van der Waals surface area contributed by atoms with Crippen LogP contribution in [-0.2, 0) is 0 Å². The molecule has 138 valence electrons. The first kappa shape index (κ1) is 18.6. The number of amides is 2. The van der Waals surface area contributed by atoms with Gasteiger partial charge < -0.3 is 10.2 Å². The Morgan fingerprint density at radius 2 is 1.77 bits per heavy atom. The molecule has 0 saturated carbocycles. The number of para-hydroxylation sites is 1. The second-order valence-corrected chi connectivity index (χ2v) is 7.14. The number of urea groups is 1. The highest BCUT2D eigenvalue weighted by molar-refractivity contribution is 7.99. The minimum Gasteiger partial charge on any atom is -0.324 e. The predicted molar refractivity (Wildman–Crippen MR) is 93.1 cm³/mol. The molecule has 0 aromatic heterocycles. The van der Waals surface area contributed by atoms with Crippen molar-refractivity contribution in [3.8, 4) is 0 Å². The van der Waals surface area contributed by atoms with Gasteiger partial charge in [-0.05, 0) is 36.8 Å². The quantitative estimate of drug-likeness (QED) is 0.743. The van der Waals surface area contributed by atoms with E-state index in [1.807, 2.05) is 0 Å². The van der Waals surface area contributed by atoms with Crippen LogP contribution in [0.5, 0.6) is 0 Å². The fraction of sp³-hybridized carbons (Fsp3) is 0.278. The van der Waals surface area contributed by atoms with Gasteiger partial charge in [-0.15, -0.1) is 0 Å². The van der Waals surface area contributed by atoms with Gasteiger partial charge in [-0.1, -0.05) is 6.07 Å². The van der Waals surface area contributed by atoms with Crippen LogP contribution in [0.25, 0.3) is 0 Å². The molecule has 3 nitrogen and oxygen atoms in total. The zero-order valence-corrected chi connectivity index (χ0v) is 14.5. The SMILES string of the molecule is O=C(Nc1c(F)cccc1F)N1CCSC(c2cc(F)ccc2F)CC1. The maximum Gasteiger partial charge on any atom is 0.322 e. The van der Waals surface area contributed by atoms with E-state index in [9.17, 15) is 22.4 Å². The molecule has 2 aromatic carbocycles. The van der Waals surface area contributed by atoms with Gasteiger partial charge in [0.05, 0.1) is 0 Å². The maximum atomic E-state index is 14.0. The molecule has 1 saturated heterocycles. The highest BCUT2D eigenvalue weighted by Crippen LogP contribution is 2.36. The Labute approximate surface area is 152 Å². The van der Waals surface area contributed by atoms with E-state index in [2.05, 4.69) is 5.32 Å². The zero-order chi connectivity index (χ0) is 18.7. The molecular weight excluding hydrogens is 368 g/mol. The van der Waals surface area contributed by atoms with Crippen molar-refractivity contribution in [2.45, 2.75) is 11.7 Å². The summed E-state index contributed by atoms with van der Waals surface area (Å²) >= 11 is 1.42. The number of halogens is 4. The number of carbonyl (C=O) groups excluding carboxylic acids is 1.